The molecule has 0 aliphatic carbocycles. The first kappa shape index (κ1) is 13.8. The van der Waals surface area contributed by atoms with Gasteiger partial charge in [0.25, 0.3) is 0 Å². The summed E-state index contributed by atoms with van der Waals surface area (Å²) >= 11 is 0. The zero-order valence-corrected chi connectivity index (χ0v) is 10.9. The molecule has 2 atom stereocenters. The minimum Gasteiger partial charge on any atom is -0.467 e. The summed E-state index contributed by atoms with van der Waals surface area (Å²) in [6.45, 7) is 5.90. The van der Waals surface area contributed by atoms with Crippen LogP contribution < -0.4 is 0 Å². The molecule has 1 aliphatic rings. The van der Waals surface area contributed by atoms with Gasteiger partial charge in [-0.25, -0.2) is 9.59 Å². The molecule has 0 aromatic carbocycles. The molecule has 0 radical (unpaired) electrons. The van der Waals surface area contributed by atoms with E-state index < -0.39 is 24.3 Å². The van der Waals surface area contributed by atoms with Gasteiger partial charge in [0.2, 0.25) is 0 Å². The van der Waals surface area contributed by atoms with E-state index in [0.717, 1.165) is 0 Å². The molecule has 1 rings (SSSR count). The predicted octanol–water partition coefficient (Wildman–Crippen LogP) is 0.999. The average molecular weight is 245 g/mol. The first-order chi connectivity index (χ1) is 7.82. The first-order valence-corrected chi connectivity index (χ1v) is 5.38. The lowest BCUT2D eigenvalue weighted by atomic mass is 9.93. The zero-order chi connectivity index (χ0) is 13.2. The summed E-state index contributed by atoms with van der Waals surface area (Å²) in [5.41, 5.74) is -0.309. The maximum atomic E-state index is 11.7. The number of esters is 1. The number of carbonyl (C=O) groups is 2. The van der Waals surface area contributed by atoms with Crippen molar-refractivity contribution in [3.05, 3.63) is 0 Å². The van der Waals surface area contributed by atoms with Crippen LogP contribution in [0.15, 0.2) is 0 Å². The van der Waals surface area contributed by atoms with Gasteiger partial charge >= 0.3 is 12.1 Å². The number of hydrogen-bond acceptors (Lipinski definition) is 5. The van der Waals surface area contributed by atoms with Crippen LogP contribution in [0.25, 0.3) is 0 Å². The van der Waals surface area contributed by atoms with Crippen molar-refractivity contribution in [3.8, 4) is 0 Å². The molecule has 1 heterocycles. The fraction of sp³-hybridized carbons (Fsp3) is 0.818. The average Bonchev–Trinajstić information content (AvgIpc) is 2.70. The zero-order valence-electron chi connectivity index (χ0n) is 10.9. The number of methoxy groups -OCH3 is 2. The Morgan fingerprint density at radius 3 is 2.24 bits per heavy atom. The van der Waals surface area contributed by atoms with Crippen molar-refractivity contribution in [1.29, 1.82) is 0 Å². The second-order valence-corrected chi connectivity index (χ2v) is 4.97. The lowest BCUT2D eigenvalue weighted by Crippen LogP contribution is -2.50. The summed E-state index contributed by atoms with van der Waals surface area (Å²) in [6.07, 6.45) is -1.09. The number of rotatable bonds is 1. The molecule has 1 amide bonds. The molecule has 0 aromatic heterocycles. The van der Waals surface area contributed by atoms with Gasteiger partial charge in [-0.05, 0) is 0 Å². The third-order valence-corrected chi connectivity index (χ3v) is 2.60. The summed E-state index contributed by atoms with van der Waals surface area (Å²) in [4.78, 5) is 24.6. The fourth-order valence-corrected chi connectivity index (χ4v) is 1.82. The SMILES string of the molecule is COC(=O)C1COC(C(C)(C)C)N1C(=O)OC. The van der Waals surface area contributed by atoms with E-state index in [9.17, 15) is 9.59 Å². The molecule has 0 saturated carbocycles. The molecule has 98 valence electrons. The van der Waals surface area contributed by atoms with E-state index >= 15 is 0 Å². The normalized spacial score (nSPS) is 24.6. The molecule has 6 heteroatoms. The van der Waals surface area contributed by atoms with Crippen LogP contribution in [0.1, 0.15) is 20.8 Å². The van der Waals surface area contributed by atoms with Gasteiger partial charge in [-0.15, -0.1) is 0 Å². The maximum absolute atomic E-state index is 11.7. The van der Waals surface area contributed by atoms with Crippen LogP contribution >= 0.6 is 0 Å². The van der Waals surface area contributed by atoms with Crippen LogP contribution in [0.4, 0.5) is 4.79 Å². The second-order valence-electron chi connectivity index (χ2n) is 4.97. The largest absolute Gasteiger partial charge is 0.467 e. The van der Waals surface area contributed by atoms with Crippen molar-refractivity contribution in [3.63, 3.8) is 0 Å². The lowest BCUT2D eigenvalue weighted by molar-refractivity contribution is -0.145. The molecule has 1 fully saturated rings. The Bertz CT molecular complexity index is 309. The lowest BCUT2D eigenvalue weighted by Gasteiger charge is -2.33. The third-order valence-electron chi connectivity index (χ3n) is 2.60. The van der Waals surface area contributed by atoms with Crippen LogP contribution in [0, 0.1) is 5.41 Å². The van der Waals surface area contributed by atoms with Gasteiger partial charge in [0.15, 0.2) is 6.04 Å². The van der Waals surface area contributed by atoms with Crippen molar-refractivity contribution in [2.75, 3.05) is 20.8 Å². The number of ether oxygens (including phenoxy) is 3. The molecular weight excluding hydrogens is 226 g/mol. The topological polar surface area (TPSA) is 65.1 Å². The summed E-state index contributed by atoms with van der Waals surface area (Å²) in [5.74, 6) is -0.498. The Hall–Kier alpha value is -1.30. The van der Waals surface area contributed by atoms with Gasteiger partial charge in [-0.3, -0.25) is 4.90 Å². The van der Waals surface area contributed by atoms with E-state index in [2.05, 4.69) is 9.47 Å². The van der Waals surface area contributed by atoms with Crippen molar-refractivity contribution in [1.82, 2.24) is 4.90 Å². The Balaban J connectivity index is 2.97. The quantitative estimate of drug-likeness (QED) is 0.645. The van der Waals surface area contributed by atoms with Crippen molar-refractivity contribution in [2.45, 2.75) is 33.0 Å². The maximum Gasteiger partial charge on any atom is 0.412 e. The number of amides is 1. The van der Waals surface area contributed by atoms with Crippen LogP contribution in [0.5, 0.6) is 0 Å². The van der Waals surface area contributed by atoms with Gasteiger partial charge in [0.05, 0.1) is 20.8 Å². The van der Waals surface area contributed by atoms with E-state index in [0.29, 0.717) is 0 Å². The van der Waals surface area contributed by atoms with E-state index in [1.807, 2.05) is 20.8 Å². The predicted molar refractivity (Wildman–Crippen MR) is 59.2 cm³/mol. The second kappa shape index (κ2) is 4.91. The standard InChI is InChI=1S/C11H19NO5/c1-11(2,3)9-12(10(14)16-5)7(6-17-9)8(13)15-4/h7,9H,6H2,1-5H3. The Labute approximate surface area is 101 Å². The minimum absolute atomic E-state index is 0.129. The molecule has 1 aliphatic heterocycles. The monoisotopic (exact) mass is 245 g/mol. The van der Waals surface area contributed by atoms with Gasteiger partial charge in [0, 0.05) is 5.41 Å². The van der Waals surface area contributed by atoms with E-state index in [1.165, 1.54) is 19.1 Å². The van der Waals surface area contributed by atoms with Gasteiger partial charge < -0.3 is 14.2 Å². The van der Waals surface area contributed by atoms with E-state index in [-0.39, 0.29) is 12.0 Å². The molecular formula is C11H19NO5. The van der Waals surface area contributed by atoms with Crippen molar-refractivity contribution in [2.24, 2.45) is 5.41 Å². The molecule has 0 N–H and O–H groups in total. The first-order valence-electron chi connectivity index (χ1n) is 5.38. The highest BCUT2D eigenvalue weighted by molar-refractivity contribution is 5.82. The molecule has 6 nitrogen and oxygen atoms in total. The third kappa shape index (κ3) is 2.69. The van der Waals surface area contributed by atoms with Gasteiger partial charge in [0.1, 0.15) is 6.23 Å². The molecule has 0 bridgehead atoms. The van der Waals surface area contributed by atoms with E-state index in [1.54, 1.807) is 0 Å². The molecule has 0 spiro atoms. The molecule has 0 aromatic rings. The van der Waals surface area contributed by atoms with Crippen LogP contribution in [0.2, 0.25) is 0 Å². The number of carbonyl (C=O) groups excluding carboxylic acids is 2. The van der Waals surface area contributed by atoms with Crippen LogP contribution in [-0.4, -0.2) is 50.1 Å². The van der Waals surface area contributed by atoms with E-state index in [4.69, 9.17) is 4.74 Å². The Kier molecular flexibility index (Phi) is 3.98. The number of nitrogens with zero attached hydrogens (tertiary/aromatic N) is 1. The number of hydrogen-bond donors (Lipinski definition) is 0. The van der Waals surface area contributed by atoms with Crippen molar-refractivity contribution < 1.29 is 23.8 Å². The Morgan fingerprint density at radius 1 is 1.24 bits per heavy atom. The summed E-state index contributed by atoms with van der Waals surface area (Å²) in [6, 6.07) is -0.739. The molecule has 2 unspecified atom stereocenters. The Morgan fingerprint density at radius 2 is 1.82 bits per heavy atom. The fourth-order valence-electron chi connectivity index (χ4n) is 1.82. The minimum atomic E-state index is -0.739. The van der Waals surface area contributed by atoms with Gasteiger partial charge in [-0.2, -0.15) is 0 Å². The smallest absolute Gasteiger partial charge is 0.412 e. The summed E-state index contributed by atoms with van der Waals surface area (Å²) < 4.78 is 14.8. The van der Waals surface area contributed by atoms with Gasteiger partial charge in [-0.1, -0.05) is 20.8 Å². The highest BCUT2D eigenvalue weighted by Gasteiger charge is 2.48. The van der Waals surface area contributed by atoms with Crippen molar-refractivity contribution >= 4 is 12.1 Å². The van der Waals surface area contributed by atoms with Crippen LogP contribution in [0.3, 0.4) is 0 Å². The molecule has 1 saturated heterocycles. The summed E-state index contributed by atoms with van der Waals surface area (Å²) in [7, 11) is 2.55. The highest BCUT2D eigenvalue weighted by atomic mass is 16.6. The van der Waals surface area contributed by atoms with Crippen LogP contribution in [-0.2, 0) is 19.0 Å². The highest BCUT2D eigenvalue weighted by Crippen LogP contribution is 2.32. The molecule has 17 heavy (non-hydrogen) atoms. The summed E-state index contributed by atoms with van der Waals surface area (Å²) in [5, 5.41) is 0.